The van der Waals surface area contributed by atoms with Gasteiger partial charge < -0.3 is 20.5 Å². The van der Waals surface area contributed by atoms with Crippen LogP contribution in [0.3, 0.4) is 0 Å². The van der Waals surface area contributed by atoms with Gasteiger partial charge in [0.15, 0.2) is 0 Å². The van der Waals surface area contributed by atoms with Gasteiger partial charge in [-0.1, -0.05) is 0 Å². The Labute approximate surface area is 173 Å². The van der Waals surface area contributed by atoms with Crippen LogP contribution in [-0.2, 0) is 19.6 Å². The van der Waals surface area contributed by atoms with Crippen LogP contribution < -0.4 is 15.8 Å². The van der Waals surface area contributed by atoms with E-state index in [1.54, 1.807) is 12.1 Å². The molecular formula is C18H30ClN3O5S. The Morgan fingerprint density at radius 3 is 2.64 bits per heavy atom. The molecule has 0 aliphatic carbocycles. The van der Waals surface area contributed by atoms with Gasteiger partial charge in [-0.15, -0.1) is 12.4 Å². The summed E-state index contributed by atoms with van der Waals surface area (Å²) in [5.41, 5.74) is 5.40. The normalized spacial score (nSPS) is 17.6. The molecule has 8 nitrogen and oxygen atoms in total. The number of hydrogen-bond donors (Lipinski definition) is 2. The zero-order valence-electron chi connectivity index (χ0n) is 16.1. The summed E-state index contributed by atoms with van der Waals surface area (Å²) in [6.45, 7) is 4.78. The second kappa shape index (κ2) is 12.2. The van der Waals surface area contributed by atoms with Crippen molar-refractivity contribution in [3.05, 3.63) is 24.3 Å². The molecule has 0 bridgehead atoms. The zero-order chi connectivity index (χ0) is 19.7. The number of nitrogens with two attached hydrogens (primary N) is 1. The highest BCUT2D eigenvalue weighted by Gasteiger charge is 2.33. The maximum absolute atomic E-state index is 12.9. The third-order valence-electron chi connectivity index (χ3n) is 4.36. The van der Waals surface area contributed by atoms with Gasteiger partial charge in [0.2, 0.25) is 15.9 Å². The first-order chi connectivity index (χ1) is 13.0. The maximum Gasteiger partial charge on any atom is 0.243 e. The van der Waals surface area contributed by atoms with E-state index >= 15 is 0 Å². The van der Waals surface area contributed by atoms with E-state index in [1.807, 2.05) is 6.92 Å². The molecule has 1 aromatic carbocycles. The van der Waals surface area contributed by atoms with Crippen LogP contribution >= 0.6 is 12.4 Å². The first kappa shape index (κ1) is 24.6. The van der Waals surface area contributed by atoms with Crippen molar-refractivity contribution >= 4 is 28.3 Å². The van der Waals surface area contributed by atoms with Gasteiger partial charge in [0.1, 0.15) is 12.4 Å². The number of rotatable bonds is 10. The SMILES string of the molecule is CCOCCOc1ccc(S(=O)(=O)N2CCCC(C(=O)NCCN)C2)cc1.Cl. The van der Waals surface area contributed by atoms with Crippen LogP contribution in [0.5, 0.6) is 5.75 Å². The number of piperidine rings is 1. The lowest BCUT2D eigenvalue weighted by molar-refractivity contribution is -0.126. The Morgan fingerprint density at radius 2 is 2.00 bits per heavy atom. The molecule has 1 amide bonds. The molecule has 1 fully saturated rings. The van der Waals surface area contributed by atoms with E-state index in [4.69, 9.17) is 15.2 Å². The van der Waals surface area contributed by atoms with Crippen molar-refractivity contribution in [3.63, 3.8) is 0 Å². The quantitative estimate of drug-likeness (QED) is 0.530. The first-order valence-electron chi connectivity index (χ1n) is 9.27. The standard InChI is InChI=1S/C18H29N3O5S.ClH/c1-2-25-12-13-26-16-5-7-17(8-6-16)27(23,24)21-11-3-4-15(14-21)18(22)20-10-9-19;/h5-8,15H,2-4,9-14,19H2,1H3,(H,20,22);1H. The summed E-state index contributed by atoms with van der Waals surface area (Å²) in [5, 5.41) is 2.74. The molecule has 0 spiro atoms. The lowest BCUT2D eigenvalue weighted by atomic mass is 9.99. The van der Waals surface area contributed by atoms with Gasteiger partial charge >= 0.3 is 0 Å². The van der Waals surface area contributed by atoms with Gasteiger partial charge in [-0.05, 0) is 44.0 Å². The van der Waals surface area contributed by atoms with E-state index in [0.29, 0.717) is 58.0 Å². The number of amides is 1. The number of halogens is 1. The average Bonchev–Trinajstić information content (AvgIpc) is 2.70. The molecule has 1 saturated heterocycles. The van der Waals surface area contributed by atoms with E-state index in [2.05, 4.69) is 5.32 Å². The molecule has 28 heavy (non-hydrogen) atoms. The Balaban J connectivity index is 0.00000392. The van der Waals surface area contributed by atoms with Crippen LogP contribution in [0.2, 0.25) is 0 Å². The van der Waals surface area contributed by atoms with Crippen molar-refractivity contribution in [1.82, 2.24) is 9.62 Å². The molecular weight excluding hydrogens is 406 g/mol. The van der Waals surface area contributed by atoms with E-state index in [1.165, 1.54) is 16.4 Å². The van der Waals surface area contributed by atoms with Crippen LogP contribution in [0.1, 0.15) is 19.8 Å². The summed E-state index contributed by atoms with van der Waals surface area (Å²) in [5.74, 6) is 0.103. The molecule has 1 aromatic rings. The Kier molecular flexibility index (Phi) is 10.8. The lowest BCUT2D eigenvalue weighted by Gasteiger charge is -2.31. The van der Waals surface area contributed by atoms with Crippen LogP contribution in [0.25, 0.3) is 0 Å². The lowest BCUT2D eigenvalue weighted by Crippen LogP contribution is -2.46. The van der Waals surface area contributed by atoms with Crippen LogP contribution in [0.15, 0.2) is 29.2 Å². The van der Waals surface area contributed by atoms with Crippen molar-refractivity contribution in [3.8, 4) is 5.75 Å². The number of hydrogen-bond acceptors (Lipinski definition) is 6. The molecule has 3 N–H and O–H groups in total. The van der Waals surface area contributed by atoms with Gasteiger partial charge in [0, 0.05) is 32.8 Å². The predicted octanol–water partition coefficient (Wildman–Crippen LogP) is 0.999. The van der Waals surface area contributed by atoms with E-state index in [-0.39, 0.29) is 35.7 Å². The topological polar surface area (TPSA) is 111 Å². The van der Waals surface area contributed by atoms with Gasteiger partial charge in [-0.2, -0.15) is 4.31 Å². The first-order valence-corrected chi connectivity index (χ1v) is 10.7. The zero-order valence-corrected chi connectivity index (χ0v) is 17.8. The van der Waals surface area contributed by atoms with Crippen molar-refractivity contribution < 1.29 is 22.7 Å². The third kappa shape index (κ3) is 6.89. The van der Waals surface area contributed by atoms with E-state index in [9.17, 15) is 13.2 Å². The Morgan fingerprint density at radius 1 is 1.29 bits per heavy atom. The Bertz CT molecular complexity index is 700. The highest BCUT2D eigenvalue weighted by molar-refractivity contribution is 7.89. The highest BCUT2D eigenvalue weighted by atomic mass is 35.5. The number of carbonyl (C=O) groups is 1. The molecule has 2 rings (SSSR count). The second-order valence-electron chi connectivity index (χ2n) is 6.30. The summed E-state index contributed by atoms with van der Waals surface area (Å²) in [7, 11) is -3.65. The van der Waals surface area contributed by atoms with Crippen LogP contribution in [0, 0.1) is 5.92 Å². The van der Waals surface area contributed by atoms with Gasteiger partial charge in [0.25, 0.3) is 0 Å². The summed E-state index contributed by atoms with van der Waals surface area (Å²) < 4.78 is 37.9. The molecule has 0 aromatic heterocycles. The monoisotopic (exact) mass is 435 g/mol. The summed E-state index contributed by atoms with van der Waals surface area (Å²) in [6, 6.07) is 6.33. The van der Waals surface area contributed by atoms with Crippen molar-refractivity contribution in [1.29, 1.82) is 0 Å². The van der Waals surface area contributed by atoms with Crippen LogP contribution in [0.4, 0.5) is 0 Å². The van der Waals surface area contributed by atoms with E-state index in [0.717, 1.165) is 0 Å². The number of carbonyl (C=O) groups excluding carboxylic acids is 1. The largest absolute Gasteiger partial charge is 0.491 e. The number of nitrogens with one attached hydrogen (secondary N) is 1. The number of nitrogens with zero attached hydrogens (tertiary/aromatic N) is 1. The smallest absolute Gasteiger partial charge is 0.243 e. The number of benzene rings is 1. The molecule has 1 heterocycles. The fraction of sp³-hybridized carbons (Fsp3) is 0.611. The summed E-state index contributed by atoms with van der Waals surface area (Å²) in [4.78, 5) is 12.3. The molecule has 0 radical (unpaired) electrons. The number of ether oxygens (including phenoxy) is 2. The van der Waals surface area contributed by atoms with Gasteiger partial charge in [-0.25, -0.2) is 8.42 Å². The van der Waals surface area contributed by atoms with Crippen molar-refractivity contribution in [2.24, 2.45) is 11.7 Å². The number of sulfonamides is 1. The molecule has 0 saturated carbocycles. The minimum absolute atomic E-state index is 0. The molecule has 1 aliphatic heterocycles. The summed E-state index contributed by atoms with van der Waals surface area (Å²) >= 11 is 0. The van der Waals surface area contributed by atoms with Gasteiger partial charge in [-0.3, -0.25) is 4.79 Å². The third-order valence-corrected chi connectivity index (χ3v) is 6.24. The predicted molar refractivity (Wildman–Crippen MR) is 109 cm³/mol. The second-order valence-corrected chi connectivity index (χ2v) is 8.24. The average molecular weight is 436 g/mol. The fourth-order valence-corrected chi connectivity index (χ4v) is 4.46. The molecule has 1 aliphatic rings. The fourth-order valence-electron chi connectivity index (χ4n) is 2.93. The van der Waals surface area contributed by atoms with Crippen molar-refractivity contribution in [2.75, 3.05) is 46.0 Å². The summed E-state index contributed by atoms with van der Waals surface area (Å²) in [6.07, 6.45) is 1.33. The molecule has 160 valence electrons. The molecule has 1 atom stereocenters. The van der Waals surface area contributed by atoms with Crippen molar-refractivity contribution in [2.45, 2.75) is 24.7 Å². The Hall–Kier alpha value is -1.39. The molecule has 10 heteroatoms. The molecule has 1 unspecified atom stereocenters. The minimum Gasteiger partial charge on any atom is -0.491 e. The van der Waals surface area contributed by atoms with E-state index < -0.39 is 10.0 Å². The minimum atomic E-state index is -3.65. The maximum atomic E-state index is 12.9. The van der Waals surface area contributed by atoms with Gasteiger partial charge in [0.05, 0.1) is 17.4 Å². The highest BCUT2D eigenvalue weighted by Crippen LogP contribution is 2.25. The van der Waals surface area contributed by atoms with Crippen LogP contribution in [-0.4, -0.2) is 64.6 Å².